The van der Waals surface area contributed by atoms with Gasteiger partial charge in [-0.15, -0.1) is 0 Å². The van der Waals surface area contributed by atoms with Gasteiger partial charge in [0, 0.05) is 23.6 Å². The molecular weight excluding hydrogens is 464 g/mol. The van der Waals surface area contributed by atoms with Gasteiger partial charge >= 0.3 is 5.97 Å². The van der Waals surface area contributed by atoms with Crippen LogP contribution in [0, 0.1) is 10.1 Å². The highest BCUT2D eigenvalue weighted by Crippen LogP contribution is 2.36. The van der Waals surface area contributed by atoms with Crippen LogP contribution in [0.1, 0.15) is 40.0 Å². The molecule has 1 aliphatic rings. The highest BCUT2D eigenvalue weighted by atomic mass is 16.6. The zero-order valence-electron chi connectivity index (χ0n) is 19.0. The molecule has 2 heterocycles. The van der Waals surface area contributed by atoms with Gasteiger partial charge < -0.3 is 14.6 Å². The molecule has 10 heteroatoms. The van der Waals surface area contributed by atoms with Gasteiger partial charge in [0.25, 0.3) is 11.6 Å². The molecule has 4 aromatic rings. The Labute approximate surface area is 204 Å². The van der Waals surface area contributed by atoms with Crippen LogP contribution in [0.3, 0.4) is 0 Å². The van der Waals surface area contributed by atoms with Crippen molar-refractivity contribution >= 4 is 45.9 Å². The number of amides is 1. The quantitative estimate of drug-likeness (QED) is 0.234. The summed E-state index contributed by atoms with van der Waals surface area (Å²) in [4.78, 5) is 41.0. The minimum absolute atomic E-state index is 0.0000160. The molecule has 0 bridgehead atoms. The average molecular weight is 484 g/mol. The molecule has 0 saturated heterocycles. The topological polar surface area (TPSA) is 137 Å². The van der Waals surface area contributed by atoms with Crippen molar-refractivity contribution in [2.24, 2.45) is 0 Å². The van der Waals surface area contributed by atoms with E-state index < -0.39 is 23.4 Å². The minimum atomic E-state index is -0.628. The van der Waals surface area contributed by atoms with Crippen molar-refractivity contribution in [1.29, 1.82) is 0 Å². The number of nitro benzene ring substituents is 1. The van der Waals surface area contributed by atoms with Crippen molar-refractivity contribution < 1.29 is 23.8 Å². The molecule has 0 saturated carbocycles. The number of carbonyl (C=O) groups excluding carboxylic acids is 2. The molecule has 2 aromatic carbocycles. The highest BCUT2D eigenvalue weighted by molar-refractivity contribution is 6.07. The summed E-state index contributed by atoms with van der Waals surface area (Å²) in [6, 6.07) is 15.1. The summed E-state index contributed by atoms with van der Waals surface area (Å²) in [6.07, 6.45) is 5.26. The number of aromatic nitrogens is 2. The lowest BCUT2D eigenvalue weighted by Gasteiger charge is -2.22. The van der Waals surface area contributed by atoms with Crippen LogP contribution in [0.15, 0.2) is 65.4 Å². The van der Waals surface area contributed by atoms with E-state index in [1.165, 1.54) is 24.5 Å². The number of anilines is 1. The third-order valence-corrected chi connectivity index (χ3v) is 5.84. The number of non-ortho nitro benzene ring substituents is 1. The number of nitrogens with one attached hydrogen (secondary N) is 1. The largest absolute Gasteiger partial charge is 0.452 e. The first-order valence-corrected chi connectivity index (χ1v) is 11.2. The molecule has 36 heavy (non-hydrogen) atoms. The number of fused-ring (bicyclic) bond motifs is 2. The van der Waals surface area contributed by atoms with Crippen molar-refractivity contribution in [2.75, 3.05) is 11.9 Å². The second-order valence-electron chi connectivity index (χ2n) is 8.22. The molecule has 0 radical (unpaired) electrons. The van der Waals surface area contributed by atoms with Crippen molar-refractivity contribution in [3.63, 3.8) is 0 Å². The summed E-state index contributed by atoms with van der Waals surface area (Å²) >= 11 is 0. The second-order valence-corrected chi connectivity index (χ2v) is 8.22. The van der Waals surface area contributed by atoms with Crippen molar-refractivity contribution in [3.05, 3.63) is 93.4 Å². The average Bonchev–Trinajstić information content (AvgIpc) is 3.39. The summed E-state index contributed by atoms with van der Waals surface area (Å²) in [5.74, 6) is -0.953. The van der Waals surface area contributed by atoms with E-state index in [4.69, 9.17) is 9.72 Å². The number of allylic oxidation sites excluding steroid dienone is 1. The van der Waals surface area contributed by atoms with Gasteiger partial charge in [0.1, 0.15) is 6.26 Å². The lowest BCUT2D eigenvalue weighted by Crippen LogP contribution is -2.22. The lowest BCUT2D eigenvalue weighted by atomic mass is 9.86. The van der Waals surface area contributed by atoms with Crippen molar-refractivity contribution in [2.45, 2.75) is 19.3 Å². The Balaban J connectivity index is 1.50. The fraction of sp³-hybridized carbons (Fsp3) is 0.154. The van der Waals surface area contributed by atoms with E-state index in [2.05, 4.69) is 15.0 Å². The number of hydrogen-bond donors (Lipinski definition) is 1. The molecule has 10 nitrogen and oxygen atoms in total. The van der Waals surface area contributed by atoms with Crippen LogP contribution in [-0.4, -0.2) is 33.5 Å². The first kappa shape index (κ1) is 22.9. The fourth-order valence-electron chi connectivity index (χ4n) is 4.30. The monoisotopic (exact) mass is 484 g/mol. The first-order valence-electron chi connectivity index (χ1n) is 11.2. The third-order valence-electron chi connectivity index (χ3n) is 5.84. The van der Waals surface area contributed by atoms with Gasteiger partial charge in [-0.1, -0.05) is 35.5 Å². The normalized spacial score (nSPS) is 13.8. The zero-order chi connectivity index (χ0) is 25.1. The number of carbonyl (C=O) groups is 2. The highest BCUT2D eigenvalue weighted by Gasteiger charge is 2.26. The van der Waals surface area contributed by atoms with Crippen molar-refractivity contribution in [3.8, 4) is 0 Å². The van der Waals surface area contributed by atoms with E-state index in [0.29, 0.717) is 40.6 Å². The number of esters is 1. The molecular formula is C26H20N4O6. The Morgan fingerprint density at radius 2 is 2.00 bits per heavy atom. The van der Waals surface area contributed by atoms with Crippen LogP contribution in [0.2, 0.25) is 0 Å². The van der Waals surface area contributed by atoms with Gasteiger partial charge in [0.2, 0.25) is 0 Å². The molecule has 180 valence electrons. The summed E-state index contributed by atoms with van der Waals surface area (Å²) in [7, 11) is 0. The number of para-hydroxylation sites is 1. The number of benzene rings is 2. The number of hydrogen-bond acceptors (Lipinski definition) is 8. The van der Waals surface area contributed by atoms with E-state index in [0.717, 1.165) is 17.6 Å². The van der Waals surface area contributed by atoms with Crippen molar-refractivity contribution in [1.82, 2.24) is 10.1 Å². The van der Waals surface area contributed by atoms with E-state index in [9.17, 15) is 19.7 Å². The van der Waals surface area contributed by atoms with Crippen LogP contribution >= 0.6 is 0 Å². The molecule has 0 fully saturated rings. The number of ether oxygens (including phenoxy) is 1. The first-order chi connectivity index (χ1) is 17.5. The van der Waals surface area contributed by atoms with Gasteiger partial charge in [0.15, 0.2) is 12.4 Å². The maximum absolute atomic E-state index is 13.3. The van der Waals surface area contributed by atoms with Gasteiger partial charge in [0.05, 0.1) is 21.7 Å². The minimum Gasteiger partial charge on any atom is -0.452 e. The van der Waals surface area contributed by atoms with Crippen LogP contribution in [-0.2, 0) is 16.0 Å². The Kier molecular flexibility index (Phi) is 6.23. The van der Waals surface area contributed by atoms with E-state index >= 15 is 0 Å². The maximum atomic E-state index is 13.3. The van der Waals surface area contributed by atoms with Gasteiger partial charge in [-0.05, 0) is 48.1 Å². The molecule has 0 spiro atoms. The van der Waals surface area contributed by atoms with Crippen LogP contribution in [0.4, 0.5) is 11.5 Å². The Bertz CT molecular complexity index is 1510. The standard InChI is InChI=1S/C26H20N4O6/c31-23(28-22-11-12-36-29-22)15-35-26(32)24-19-8-1-2-10-21(19)27-25-17(6-4-9-20(24)25)13-16-5-3-7-18(14-16)30(33)34/h1-3,5,7-8,10-14H,4,6,9,15H2,(H,28,29,31). The summed E-state index contributed by atoms with van der Waals surface area (Å²) in [5.41, 5.74) is 3.93. The summed E-state index contributed by atoms with van der Waals surface area (Å²) < 4.78 is 10.1. The van der Waals surface area contributed by atoms with E-state index in [-0.39, 0.29) is 11.5 Å². The molecule has 1 N–H and O–H groups in total. The number of pyridine rings is 1. The molecule has 0 unspecified atom stereocenters. The summed E-state index contributed by atoms with van der Waals surface area (Å²) in [5, 5.41) is 17.9. The van der Waals surface area contributed by atoms with Crippen LogP contribution in [0.5, 0.6) is 0 Å². The predicted molar refractivity (Wildman–Crippen MR) is 131 cm³/mol. The fourth-order valence-corrected chi connectivity index (χ4v) is 4.30. The molecule has 0 atom stereocenters. The zero-order valence-corrected chi connectivity index (χ0v) is 19.0. The molecule has 1 aliphatic carbocycles. The summed E-state index contributed by atoms with van der Waals surface area (Å²) in [6.45, 7) is -0.493. The predicted octanol–water partition coefficient (Wildman–Crippen LogP) is 4.80. The Morgan fingerprint density at radius 1 is 1.14 bits per heavy atom. The molecule has 2 aromatic heterocycles. The number of rotatable bonds is 6. The molecule has 5 rings (SSSR count). The Morgan fingerprint density at radius 3 is 2.81 bits per heavy atom. The second kappa shape index (κ2) is 9.79. The lowest BCUT2D eigenvalue weighted by molar-refractivity contribution is -0.384. The number of nitrogens with zero attached hydrogens (tertiary/aromatic N) is 3. The number of nitro groups is 1. The molecule has 1 amide bonds. The van der Waals surface area contributed by atoms with Gasteiger partial charge in [-0.25, -0.2) is 9.78 Å². The van der Waals surface area contributed by atoms with Crippen LogP contribution < -0.4 is 5.32 Å². The van der Waals surface area contributed by atoms with E-state index in [1.807, 2.05) is 24.3 Å². The van der Waals surface area contributed by atoms with Crippen LogP contribution in [0.25, 0.3) is 22.6 Å². The Hall–Kier alpha value is -4.86. The van der Waals surface area contributed by atoms with E-state index in [1.54, 1.807) is 18.2 Å². The third kappa shape index (κ3) is 4.69. The molecule has 0 aliphatic heterocycles. The van der Waals surface area contributed by atoms with Gasteiger partial charge in [-0.3, -0.25) is 14.9 Å². The maximum Gasteiger partial charge on any atom is 0.339 e. The smallest absolute Gasteiger partial charge is 0.339 e. The SMILES string of the molecule is O=C(COC(=O)c1c2c(nc3ccccc13)C(=Cc1cccc([N+](=O)[O-])c1)CCC2)Nc1ccon1. The van der Waals surface area contributed by atoms with Gasteiger partial charge in [-0.2, -0.15) is 0 Å².